The Balaban J connectivity index is 1.52. The molecule has 2 amide bonds. The van der Waals surface area contributed by atoms with Gasteiger partial charge in [-0.05, 0) is 30.0 Å². The third kappa shape index (κ3) is 4.04. The van der Waals surface area contributed by atoms with E-state index in [2.05, 4.69) is 11.4 Å². The van der Waals surface area contributed by atoms with E-state index in [1.165, 1.54) is 0 Å². The quantitative estimate of drug-likeness (QED) is 0.662. The second-order valence-corrected chi connectivity index (χ2v) is 7.65. The Morgan fingerprint density at radius 3 is 2.59 bits per heavy atom. The number of hydrogen-bond acceptors (Lipinski definition) is 3. The van der Waals surface area contributed by atoms with Gasteiger partial charge in [0.1, 0.15) is 6.10 Å². The number of amides is 2. The molecule has 0 saturated carbocycles. The largest absolute Gasteiger partial charge is 0.367 e. The maximum Gasteiger partial charge on any atom is 0.322 e. The van der Waals surface area contributed by atoms with Gasteiger partial charge in [0.05, 0.1) is 18.3 Å². The number of rotatable bonds is 3. The zero-order valence-corrected chi connectivity index (χ0v) is 16.0. The molecule has 0 unspecified atom stereocenters. The van der Waals surface area contributed by atoms with Gasteiger partial charge in [-0.2, -0.15) is 0 Å². The summed E-state index contributed by atoms with van der Waals surface area (Å²) in [6.45, 7) is 3.13. The molecule has 1 aromatic heterocycles. The fourth-order valence-corrected chi connectivity index (χ4v) is 4.17. The third-order valence-electron chi connectivity index (χ3n) is 4.67. The molecular formula is C22H22N2O2S. The van der Waals surface area contributed by atoms with Gasteiger partial charge in [0.15, 0.2) is 0 Å². The van der Waals surface area contributed by atoms with Crippen LogP contribution in [0.2, 0.25) is 0 Å². The molecular weight excluding hydrogens is 356 g/mol. The Morgan fingerprint density at radius 2 is 1.81 bits per heavy atom. The number of carbonyl (C=O) groups is 1. The highest BCUT2D eigenvalue weighted by Gasteiger charge is 2.29. The molecule has 1 saturated heterocycles. The highest BCUT2D eigenvalue weighted by atomic mass is 32.1. The third-order valence-corrected chi connectivity index (χ3v) is 5.58. The first-order chi connectivity index (χ1) is 13.2. The molecule has 0 radical (unpaired) electrons. The average Bonchev–Trinajstić information content (AvgIpc) is 3.23. The lowest BCUT2D eigenvalue weighted by molar-refractivity contribution is -0.0642. The topological polar surface area (TPSA) is 41.6 Å². The van der Waals surface area contributed by atoms with Gasteiger partial charge in [-0.1, -0.05) is 54.6 Å². The number of para-hydroxylation sites is 1. The molecule has 5 heteroatoms. The minimum absolute atomic E-state index is 0.0118. The number of thiophene rings is 1. The van der Waals surface area contributed by atoms with Crippen molar-refractivity contribution in [1.82, 2.24) is 4.90 Å². The van der Waals surface area contributed by atoms with Crippen LogP contribution in [0.4, 0.5) is 10.5 Å². The molecule has 4 rings (SSSR count). The molecule has 2 heterocycles. The summed E-state index contributed by atoms with van der Waals surface area (Å²) >= 11 is 1.67. The lowest BCUT2D eigenvalue weighted by Crippen LogP contribution is -2.47. The molecule has 1 fully saturated rings. The van der Waals surface area contributed by atoms with Crippen LogP contribution < -0.4 is 5.32 Å². The summed E-state index contributed by atoms with van der Waals surface area (Å²) in [7, 11) is 0. The van der Waals surface area contributed by atoms with Crippen molar-refractivity contribution >= 4 is 23.1 Å². The molecule has 4 nitrogen and oxygen atoms in total. The fraction of sp³-hybridized carbons (Fsp3) is 0.227. The van der Waals surface area contributed by atoms with Crippen molar-refractivity contribution in [3.8, 4) is 10.4 Å². The van der Waals surface area contributed by atoms with Gasteiger partial charge in [-0.25, -0.2) is 4.79 Å². The first-order valence-corrected chi connectivity index (χ1v) is 9.98. The second-order valence-electron chi connectivity index (χ2n) is 6.70. The van der Waals surface area contributed by atoms with Crippen LogP contribution in [0.15, 0.2) is 72.1 Å². The van der Waals surface area contributed by atoms with E-state index in [9.17, 15) is 4.79 Å². The summed E-state index contributed by atoms with van der Waals surface area (Å²) in [5.74, 6) is 0. The smallest absolute Gasteiger partial charge is 0.322 e. The molecule has 27 heavy (non-hydrogen) atoms. The van der Waals surface area contributed by atoms with Crippen LogP contribution in [0.3, 0.4) is 0 Å². The zero-order valence-electron chi connectivity index (χ0n) is 15.2. The van der Waals surface area contributed by atoms with Crippen LogP contribution in [0, 0.1) is 0 Å². The average molecular weight is 378 g/mol. The van der Waals surface area contributed by atoms with E-state index >= 15 is 0 Å². The fourth-order valence-electron chi connectivity index (χ4n) is 3.40. The van der Waals surface area contributed by atoms with E-state index in [0.29, 0.717) is 13.1 Å². The zero-order chi connectivity index (χ0) is 18.6. The SMILES string of the molecule is C[C@H]1CN(C(=O)Nc2ccccc2-c2cccs2)C[C@@H](c2ccccc2)O1. The van der Waals surface area contributed by atoms with Gasteiger partial charge in [0.2, 0.25) is 0 Å². The molecule has 3 aromatic rings. The normalized spacial score (nSPS) is 19.7. The van der Waals surface area contributed by atoms with Gasteiger partial charge in [0.25, 0.3) is 0 Å². The van der Waals surface area contributed by atoms with Crippen molar-refractivity contribution in [3.05, 3.63) is 77.7 Å². The van der Waals surface area contributed by atoms with Crippen LogP contribution in [-0.4, -0.2) is 30.1 Å². The minimum atomic E-state index is -0.103. The van der Waals surface area contributed by atoms with E-state index in [-0.39, 0.29) is 18.2 Å². The Labute approximate surface area is 163 Å². The highest BCUT2D eigenvalue weighted by Crippen LogP contribution is 2.32. The Hall–Kier alpha value is -2.63. The van der Waals surface area contributed by atoms with E-state index in [0.717, 1.165) is 21.7 Å². The minimum Gasteiger partial charge on any atom is -0.367 e. The van der Waals surface area contributed by atoms with Crippen LogP contribution in [0.1, 0.15) is 18.6 Å². The Bertz CT molecular complexity index is 896. The highest BCUT2D eigenvalue weighted by molar-refractivity contribution is 7.13. The number of hydrogen-bond donors (Lipinski definition) is 1. The van der Waals surface area contributed by atoms with Gasteiger partial charge >= 0.3 is 6.03 Å². The number of urea groups is 1. The van der Waals surface area contributed by atoms with E-state index in [4.69, 9.17) is 4.74 Å². The second kappa shape index (κ2) is 7.94. The summed E-state index contributed by atoms with van der Waals surface area (Å²) in [5, 5.41) is 5.14. The van der Waals surface area contributed by atoms with Crippen molar-refractivity contribution in [1.29, 1.82) is 0 Å². The monoisotopic (exact) mass is 378 g/mol. The number of carbonyl (C=O) groups excluding carboxylic acids is 1. The molecule has 0 aliphatic carbocycles. The van der Waals surface area contributed by atoms with Gasteiger partial charge in [-0.15, -0.1) is 11.3 Å². The molecule has 2 aromatic carbocycles. The molecule has 1 aliphatic heterocycles. The maximum atomic E-state index is 13.0. The standard InChI is InChI=1S/C22H22N2O2S/c1-16-14-24(15-20(26-16)17-8-3-2-4-9-17)22(25)23-19-11-6-5-10-18(19)21-12-7-13-27-21/h2-13,16,20H,14-15H2,1H3,(H,23,25)/t16-,20-/m0/s1. The maximum absolute atomic E-state index is 13.0. The van der Waals surface area contributed by atoms with Crippen molar-refractivity contribution < 1.29 is 9.53 Å². The van der Waals surface area contributed by atoms with Crippen molar-refractivity contribution in [2.75, 3.05) is 18.4 Å². The Morgan fingerprint density at radius 1 is 1.04 bits per heavy atom. The van der Waals surface area contributed by atoms with Crippen LogP contribution in [0.25, 0.3) is 10.4 Å². The molecule has 2 atom stereocenters. The lowest BCUT2D eigenvalue weighted by atomic mass is 10.1. The van der Waals surface area contributed by atoms with Crippen LogP contribution in [-0.2, 0) is 4.74 Å². The summed E-state index contributed by atoms with van der Waals surface area (Å²) in [4.78, 5) is 16.0. The first kappa shape index (κ1) is 17.8. The van der Waals surface area contributed by atoms with E-state index in [1.807, 2.05) is 77.9 Å². The summed E-state index contributed by atoms with van der Waals surface area (Å²) in [6, 6.07) is 22.0. The number of nitrogens with one attached hydrogen (secondary N) is 1. The summed E-state index contributed by atoms with van der Waals surface area (Å²) < 4.78 is 6.07. The van der Waals surface area contributed by atoms with Gasteiger partial charge < -0.3 is 15.0 Å². The number of nitrogens with zero attached hydrogens (tertiary/aromatic N) is 1. The predicted octanol–water partition coefficient (Wildman–Crippen LogP) is 5.41. The summed E-state index contributed by atoms with van der Waals surface area (Å²) in [5.41, 5.74) is 2.97. The van der Waals surface area contributed by atoms with E-state index < -0.39 is 0 Å². The van der Waals surface area contributed by atoms with Crippen molar-refractivity contribution in [2.45, 2.75) is 19.1 Å². The predicted molar refractivity (Wildman–Crippen MR) is 110 cm³/mol. The number of anilines is 1. The molecule has 138 valence electrons. The van der Waals surface area contributed by atoms with Crippen molar-refractivity contribution in [3.63, 3.8) is 0 Å². The number of morpholine rings is 1. The molecule has 0 spiro atoms. The first-order valence-electron chi connectivity index (χ1n) is 9.10. The molecule has 0 bridgehead atoms. The van der Waals surface area contributed by atoms with E-state index in [1.54, 1.807) is 11.3 Å². The molecule has 1 aliphatic rings. The Kier molecular flexibility index (Phi) is 5.23. The lowest BCUT2D eigenvalue weighted by Gasteiger charge is -2.37. The van der Waals surface area contributed by atoms with Crippen molar-refractivity contribution in [2.24, 2.45) is 0 Å². The number of benzene rings is 2. The number of ether oxygens (including phenoxy) is 1. The van der Waals surface area contributed by atoms with Crippen LogP contribution in [0.5, 0.6) is 0 Å². The summed E-state index contributed by atoms with van der Waals surface area (Å²) in [6.07, 6.45) is -0.115. The van der Waals surface area contributed by atoms with Gasteiger partial charge in [-0.3, -0.25) is 0 Å². The van der Waals surface area contributed by atoms with Gasteiger partial charge in [0, 0.05) is 17.0 Å². The molecule has 1 N–H and O–H groups in total. The van der Waals surface area contributed by atoms with Crippen LogP contribution >= 0.6 is 11.3 Å².